The van der Waals surface area contributed by atoms with E-state index in [4.69, 9.17) is 9.47 Å². The van der Waals surface area contributed by atoms with Crippen molar-refractivity contribution in [2.75, 3.05) is 33.9 Å². The molecule has 0 aliphatic rings. The van der Waals surface area contributed by atoms with Gasteiger partial charge in [0.15, 0.2) is 5.96 Å². The van der Waals surface area contributed by atoms with Crippen LogP contribution in [-0.4, -0.2) is 44.8 Å². The van der Waals surface area contributed by atoms with Gasteiger partial charge in [0, 0.05) is 32.3 Å². The van der Waals surface area contributed by atoms with Crippen molar-refractivity contribution in [1.82, 2.24) is 10.6 Å². The highest BCUT2D eigenvalue weighted by atomic mass is 16.6. The topological polar surface area (TPSA) is 98.0 Å². The number of rotatable bonds is 10. The van der Waals surface area contributed by atoms with Crippen LogP contribution in [0.4, 0.5) is 5.69 Å². The molecule has 0 amide bonds. The van der Waals surface area contributed by atoms with Crippen LogP contribution in [0, 0.1) is 10.1 Å². The fourth-order valence-electron chi connectivity index (χ4n) is 2.46. The van der Waals surface area contributed by atoms with Crippen LogP contribution >= 0.6 is 0 Å². The Morgan fingerprint density at radius 2 is 1.64 bits per heavy atom. The van der Waals surface area contributed by atoms with E-state index < -0.39 is 4.92 Å². The molecule has 0 radical (unpaired) electrons. The van der Waals surface area contributed by atoms with E-state index >= 15 is 0 Å². The third kappa shape index (κ3) is 7.24. The van der Waals surface area contributed by atoms with Gasteiger partial charge in [-0.2, -0.15) is 0 Å². The summed E-state index contributed by atoms with van der Waals surface area (Å²) >= 11 is 0. The summed E-state index contributed by atoms with van der Waals surface area (Å²) in [6.45, 7) is 2.33. The van der Waals surface area contributed by atoms with Crippen molar-refractivity contribution >= 4 is 11.6 Å². The summed E-state index contributed by atoms with van der Waals surface area (Å²) in [6, 6.07) is 14.3. The maximum absolute atomic E-state index is 10.7. The molecule has 2 N–H and O–H groups in total. The number of nitrogens with zero attached hydrogens (tertiary/aromatic N) is 2. The summed E-state index contributed by atoms with van der Waals surface area (Å²) in [4.78, 5) is 14.9. The van der Waals surface area contributed by atoms with Crippen LogP contribution in [0.3, 0.4) is 0 Å². The first-order valence-electron chi connectivity index (χ1n) is 8.99. The minimum absolute atomic E-state index is 0.0730. The molecular formula is C20H26N4O4. The van der Waals surface area contributed by atoms with Gasteiger partial charge in [-0.3, -0.25) is 10.1 Å². The molecule has 0 saturated carbocycles. The minimum Gasteiger partial charge on any atom is -0.497 e. The molecule has 2 aromatic rings. The van der Waals surface area contributed by atoms with Crippen molar-refractivity contribution in [3.05, 3.63) is 69.8 Å². The highest BCUT2D eigenvalue weighted by molar-refractivity contribution is 5.79. The summed E-state index contributed by atoms with van der Waals surface area (Å²) < 4.78 is 10.2. The predicted octanol–water partition coefficient (Wildman–Crippen LogP) is 2.53. The molecule has 0 heterocycles. The molecule has 0 unspecified atom stereocenters. The molecule has 28 heavy (non-hydrogen) atoms. The molecule has 0 aliphatic heterocycles. The van der Waals surface area contributed by atoms with E-state index in [-0.39, 0.29) is 5.69 Å². The second kappa shape index (κ2) is 11.6. The van der Waals surface area contributed by atoms with Crippen LogP contribution in [-0.2, 0) is 17.7 Å². The number of hydrogen-bond acceptors (Lipinski definition) is 5. The van der Waals surface area contributed by atoms with Gasteiger partial charge in [0.25, 0.3) is 5.69 Å². The first-order valence-corrected chi connectivity index (χ1v) is 8.99. The summed E-state index contributed by atoms with van der Waals surface area (Å²) in [5, 5.41) is 17.2. The lowest BCUT2D eigenvalue weighted by atomic mass is 10.1. The fraction of sp³-hybridized carbons (Fsp3) is 0.350. The molecule has 0 aliphatic carbocycles. The average molecular weight is 386 g/mol. The number of hydrogen-bond donors (Lipinski definition) is 2. The Morgan fingerprint density at radius 3 is 2.25 bits per heavy atom. The van der Waals surface area contributed by atoms with E-state index in [2.05, 4.69) is 15.6 Å². The van der Waals surface area contributed by atoms with Crippen LogP contribution in [0.15, 0.2) is 53.5 Å². The monoisotopic (exact) mass is 386 g/mol. The van der Waals surface area contributed by atoms with Crippen molar-refractivity contribution in [2.45, 2.75) is 13.0 Å². The second-order valence-electron chi connectivity index (χ2n) is 6.03. The zero-order valence-electron chi connectivity index (χ0n) is 16.2. The van der Waals surface area contributed by atoms with Crippen LogP contribution in [0.2, 0.25) is 0 Å². The first kappa shape index (κ1) is 21.2. The number of nitro benzene ring substituents is 1. The van der Waals surface area contributed by atoms with E-state index in [1.807, 2.05) is 24.3 Å². The van der Waals surface area contributed by atoms with E-state index in [0.29, 0.717) is 32.2 Å². The second-order valence-corrected chi connectivity index (χ2v) is 6.03. The third-order valence-corrected chi connectivity index (χ3v) is 4.03. The Kier molecular flexibility index (Phi) is 8.74. The van der Waals surface area contributed by atoms with Crippen molar-refractivity contribution in [3.63, 3.8) is 0 Å². The van der Waals surface area contributed by atoms with Gasteiger partial charge in [-0.15, -0.1) is 0 Å². The number of ether oxygens (including phenoxy) is 2. The SMILES string of the molecule is COCCNC(=NCc1ccc([N+](=O)[O-])cc1)NCCc1ccc(OC)cc1. The Labute approximate surface area is 164 Å². The maximum Gasteiger partial charge on any atom is 0.269 e. The molecule has 150 valence electrons. The molecule has 0 bridgehead atoms. The number of nitrogens with one attached hydrogen (secondary N) is 2. The molecule has 8 heteroatoms. The smallest absolute Gasteiger partial charge is 0.269 e. The van der Waals surface area contributed by atoms with Gasteiger partial charge >= 0.3 is 0 Å². The lowest BCUT2D eigenvalue weighted by Crippen LogP contribution is -2.40. The lowest BCUT2D eigenvalue weighted by molar-refractivity contribution is -0.384. The van der Waals surface area contributed by atoms with Crippen LogP contribution in [0.25, 0.3) is 0 Å². The molecular weight excluding hydrogens is 360 g/mol. The molecule has 0 atom stereocenters. The van der Waals surface area contributed by atoms with Crippen LogP contribution in [0.5, 0.6) is 5.75 Å². The fourth-order valence-corrected chi connectivity index (χ4v) is 2.46. The predicted molar refractivity (Wildman–Crippen MR) is 109 cm³/mol. The van der Waals surface area contributed by atoms with Gasteiger partial charge in [-0.1, -0.05) is 24.3 Å². The summed E-state index contributed by atoms with van der Waals surface area (Å²) in [6.07, 6.45) is 0.840. The number of non-ortho nitro benzene ring substituents is 1. The molecule has 8 nitrogen and oxygen atoms in total. The molecule has 2 aromatic carbocycles. The van der Waals surface area contributed by atoms with Gasteiger partial charge in [-0.25, -0.2) is 4.99 Å². The quantitative estimate of drug-likeness (QED) is 0.214. The number of nitro groups is 1. The third-order valence-electron chi connectivity index (χ3n) is 4.03. The van der Waals surface area contributed by atoms with Crippen molar-refractivity contribution in [2.24, 2.45) is 4.99 Å². The normalized spacial score (nSPS) is 11.1. The number of methoxy groups -OCH3 is 2. The molecule has 2 rings (SSSR count). The number of benzene rings is 2. The number of guanidine groups is 1. The standard InChI is InChI=1S/C20H26N4O4/c1-27-14-13-22-20(21-12-11-16-5-9-19(28-2)10-6-16)23-15-17-3-7-18(8-4-17)24(25)26/h3-10H,11-15H2,1-2H3,(H2,21,22,23). The lowest BCUT2D eigenvalue weighted by Gasteiger charge is -2.12. The molecule has 0 aromatic heterocycles. The van der Waals surface area contributed by atoms with E-state index in [1.165, 1.54) is 17.7 Å². The van der Waals surface area contributed by atoms with Gasteiger partial charge < -0.3 is 20.1 Å². The molecule has 0 fully saturated rings. The minimum atomic E-state index is -0.411. The first-order chi connectivity index (χ1) is 13.6. The maximum atomic E-state index is 10.7. The van der Waals surface area contributed by atoms with E-state index in [0.717, 1.165) is 17.7 Å². The van der Waals surface area contributed by atoms with Gasteiger partial charge in [0.1, 0.15) is 5.75 Å². The van der Waals surface area contributed by atoms with Crippen LogP contribution < -0.4 is 15.4 Å². The van der Waals surface area contributed by atoms with Crippen LogP contribution in [0.1, 0.15) is 11.1 Å². The summed E-state index contributed by atoms with van der Waals surface area (Å²) in [5.41, 5.74) is 2.16. The summed E-state index contributed by atoms with van der Waals surface area (Å²) in [5.74, 6) is 1.51. The van der Waals surface area contributed by atoms with E-state index in [9.17, 15) is 10.1 Å². The van der Waals surface area contributed by atoms with Crippen molar-refractivity contribution in [3.8, 4) is 5.75 Å². The zero-order chi connectivity index (χ0) is 20.2. The molecule has 0 spiro atoms. The van der Waals surface area contributed by atoms with Gasteiger partial charge in [0.2, 0.25) is 0 Å². The largest absolute Gasteiger partial charge is 0.497 e. The zero-order valence-corrected chi connectivity index (χ0v) is 16.2. The Bertz CT molecular complexity index is 761. The summed E-state index contributed by atoms with van der Waals surface area (Å²) in [7, 11) is 3.29. The average Bonchev–Trinajstić information content (AvgIpc) is 2.72. The number of aliphatic imine (C=N–C) groups is 1. The highest BCUT2D eigenvalue weighted by Crippen LogP contribution is 2.13. The Hall–Kier alpha value is -3.13. The van der Waals surface area contributed by atoms with Crippen molar-refractivity contribution in [1.29, 1.82) is 0 Å². The molecule has 0 saturated heterocycles. The Morgan fingerprint density at radius 1 is 1.00 bits per heavy atom. The van der Waals surface area contributed by atoms with Gasteiger partial charge in [-0.05, 0) is 29.7 Å². The van der Waals surface area contributed by atoms with Crippen molar-refractivity contribution < 1.29 is 14.4 Å². The highest BCUT2D eigenvalue weighted by Gasteiger charge is 2.04. The van der Waals surface area contributed by atoms with Gasteiger partial charge in [0.05, 0.1) is 25.2 Å². The Balaban J connectivity index is 1.91. The van der Waals surface area contributed by atoms with E-state index in [1.54, 1.807) is 26.4 Å².